The van der Waals surface area contributed by atoms with Gasteiger partial charge in [0.2, 0.25) is 0 Å². The van der Waals surface area contributed by atoms with Crippen molar-refractivity contribution in [3.63, 3.8) is 0 Å². The van der Waals surface area contributed by atoms with Gasteiger partial charge in [-0.05, 0) is 19.3 Å². The zero-order chi connectivity index (χ0) is 8.11. The zero-order valence-corrected chi connectivity index (χ0v) is 6.15. The summed E-state index contributed by atoms with van der Waals surface area (Å²) < 4.78 is 24.7. The van der Waals surface area contributed by atoms with Crippen molar-refractivity contribution in [2.75, 3.05) is 0 Å². The Labute approximate surface area is 63.8 Å². The minimum Gasteiger partial charge on any atom is -0.303 e. The van der Waals surface area contributed by atoms with Crippen molar-refractivity contribution in [3.05, 3.63) is 0 Å². The van der Waals surface area contributed by atoms with Gasteiger partial charge in [0, 0.05) is 17.8 Å². The van der Waals surface area contributed by atoms with Crippen molar-refractivity contribution in [1.82, 2.24) is 0 Å². The van der Waals surface area contributed by atoms with Crippen LogP contribution in [0.4, 0.5) is 8.78 Å². The average Bonchev–Trinajstić information content (AvgIpc) is 2.78. The lowest BCUT2D eigenvalue weighted by Gasteiger charge is -2.03. The summed E-state index contributed by atoms with van der Waals surface area (Å²) in [6.45, 7) is 0. The molecule has 0 N–H and O–H groups in total. The summed E-state index contributed by atoms with van der Waals surface area (Å²) in [7, 11) is 0. The molecule has 2 aliphatic carbocycles. The van der Waals surface area contributed by atoms with Gasteiger partial charge in [-0.1, -0.05) is 0 Å². The predicted octanol–water partition coefficient (Wildman–Crippen LogP) is 2.01. The number of carbonyl (C=O) groups excluding carboxylic acids is 1. The second-order valence-electron chi connectivity index (χ2n) is 3.85. The minimum atomic E-state index is -2.45. The molecule has 1 atom stereocenters. The number of hydrogen-bond donors (Lipinski definition) is 0. The van der Waals surface area contributed by atoms with Crippen LogP contribution in [0.15, 0.2) is 0 Å². The van der Waals surface area contributed by atoms with Gasteiger partial charge in [0.15, 0.2) is 0 Å². The van der Waals surface area contributed by atoms with Gasteiger partial charge in [-0.25, -0.2) is 8.78 Å². The Morgan fingerprint density at radius 3 is 2.27 bits per heavy atom. The number of halogens is 2. The summed E-state index contributed by atoms with van der Waals surface area (Å²) in [6, 6.07) is 0. The molecule has 62 valence electrons. The standard InChI is InChI=1S/C8H10F2O/c9-8(10)4-6(8)3-7(5-11)1-2-7/h5-6H,1-4H2. The molecule has 0 saturated heterocycles. The van der Waals surface area contributed by atoms with Crippen molar-refractivity contribution in [1.29, 1.82) is 0 Å². The first-order valence-corrected chi connectivity index (χ1v) is 3.92. The van der Waals surface area contributed by atoms with E-state index < -0.39 is 11.8 Å². The Hall–Kier alpha value is -0.470. The van der Waals surface area contributed by atoms with Gasteiger partial charge in [-0.2, -0.15) is 0 Å². The molecule has 0 aliphatic heterocycles. The van der Waals surface area contributed by atoms with Crippen molar-refractivity contribution in [2.45, 2.75) is 31.6 Å². The average molecular weight is 160 g/mol. The van der Waals surface area contributed by atoms with Gasteiger partial charge in [0.1, 0.15) is 6.29 Å². The number of carbonyl (C=O) groups is 1. The quantitative estimate of drug-likeness (QED) is 0.577. The molecule has 2 saturated carbocycles. The second-order valence-corrected chi connectivity index (χ2v) is 3.85. The number of alkyl halides is 2. The Morgan fingerprint density at radius 2 is 2.00 bits per heavy atom. The molecule has 0 bridgehead atoms. The highest BCUT2D eigenvalue weighted by Gasteiger charge is 2.61. The monoisotopic (exact) mass is 160 g/mol. The van der Waals surface area contributed by atoms with Crippen LogP contribution in [-0.4, -0.2) is 12.2 Å². The topological polar surface area (TPSA) is 17.1 Å². The van der Waals surface area contributed by atoms with Crippen molar-refractivity contribution in [3.8, 4) is 0 Å². The fraction of sp³-hybridized carbons (Fsp3) is 0.875. The van der Waals surface area contributed by atoms with Crippen molar-refractivity contribution < 1.29 is 13.6 Å². The van der Waals surface area contributed by atoms with Crippen molar-refractivity contribution >= 4 is 6.29 Å². The van der Waals surface area contributed by atoms with Crippen LogP contribution >= 0.6 is 0 Å². The normalized spacial score (nSPS) is 36.4. The first-order valence-electron chi connectivity index (χ1n) is 3.92. The zero-order valence-electron chi connectivity index (χ0n) is 6.15. The van der Waals surface area contributed by atoms with Gasteiger partial charge < -0.3 is 4.79 Å². The second kappa shape index (κ2) is 1.82. The van der Waals surface area contributed by atoms with Crippen LogP contribution in [0.25, 0.3) is 0 Å². The lowest BCUT2D eigenvalue weighted by molar-refractivity contribution is -0.112. The van der Waals surface area contributed by atoms with Gasteiger partial charge in [0.25, 0.3) is 5.92 Å². The van der Waals surface area contributed by atoms with E-state index in [1.807, 2.05) is 0 Å². The molecular formula is C8H10F2O. The highest BCUT2D eigenvalue weighted by Crippen LogP contribution is 2.59. The third-order valence-corrected chi connectivity index (χ3v) is 2.75. The molecule has 0 aromatic heterocycles. The first kappa shape index (κ1) is 7.19. The molecule has 0 aromatic rings. The van der Waals surface area contributed by atoms with Crippen LogP contribution < -0.4 is 0 Å². The van der Waals surface area contributed by atoms with E-state index in [0.717, 1.165) is 19.1 Å². The van der Waals surface area contributed by atoms with E-state index in [1.54, 1.807) is 0 Å². The number of hydrogen-bond acceptors (Lipinski definition) is 1. The van der Waals surface area contributed by atoms with E-state index in [-0.39, 0.29) is 11.8 Å². The van der Waals surface area contributed by atoms with E-state index in [0.29, 0.717) is 6.42 Å². The summed E-state index contributed by atoms with van der Waals surface area (Å²) in [6.07, 6.45) is 2.93. The summed E-state index contributed by atoms with van der Waals surface area (Å²) >= 11 is 0. The molecule has 11 heavy (non-hydrogen) atoms. The highest BCUT2D eigenvalue weighted by molar-refractivity contribution is 5.63. The summed E-state index contributed by atoms with van der Waals surface area (Å²) in [5.74, 6) is -2.94. The molecular weight excluding hydrogens is 150 g/mol. The van der Waals surface area contributed by atoms with Crippen molar-refractivity contribution in [2.24, 2.45) is 11.3 Å². The fourth-order valence-corrected chi connectivity index (χ4v) is 1.51. The molecule has 1 nitrogen and oxygen atoms in total. The summed E-state index contributed by atoms with van der Waals surface area (Å²) in [4.78, 5) is 10.4. The molecule has 0 spiro atoms. The van der Waals surface area contributed by atoms with Gasteiger partial charge in [-0.15, -0.1) is 0 Å². The van der Waals surface area contributed by atoms with E-state index in [1.165, 1.54) is 0 Å². The number of aldehydes is 1. The SMILES string of the molecule is O=CC1(CC2CC2(F)F)CC1. The minimum absolute atomic E-state index is 0.00257. The Bertz CT molecular complexity index is 196. The van der Waals surface area contributed by atoms with E-state index in [2.05, 4.69) is 0 Å². The molecule has 1 unspecified atom stereocenters. The third kappa shape index (κ3) is 1.17. The molecule has 2 aliphatic rings. The Balaban J connectivity index is 1.88. The molecule has 2 fully saturated rings. The van der Waals surface area contributed by atoms with E-state index in [4.69, 9.17) is 0 Å². The maximum Gasteiger partial charge on any atom is 0.251 e. The predicted molar refractivity (Wildman–Crippen MR) is 35.4 cm³/mol. The lowest BCUT2D eigenvalue weighted by atomic mass is 10.0. The number of rotatable bonds is 3. The molecule has 0 heterocycles. The lowest BCUT2D eigenvalue weighted by Crippen LogP contribution is -2.06. The Kier molecular flexibility index (Phi) is 1.19. The van der Waals surface area contributed by atoms with Crippen LogP contribution in [-0.2, 0) is 4.79 Å². The van der Waals surface area contributed by atoms with Gasteiger partial charge >= 0.3 is 0 Å². The van der Waals surface area contributed by atoms with Gasteiger partial charge in [-0.3, -0.25) is 0 Å². The van der Waals surface area contributed by atoms with E-state index >= 15 is 0 Å². The molecule has 2 rings (SSSR count). The maximum atomic E-state index is 12.4. The maximum absolute atomic E-state index is 12.4. The smallest absolute Gasteiger partial charge is 0.251 e. The van der Waals surface area contributed by atoms with Crippen LogP contribution in [0.2, 0.25) is 0 Å². The molecule has 3 heteroatoms. The van der Waals surface area contributed by atoms with Crippen LogP contribution in [0.1, 0.15) is 25.7 Å². The summed E-state index contributed by atoms with van der Waals surface area (Å²) in [5, 5.41) is 0. The third-order valence-electron chi connectivity index (χ3n) is 2.75. The van der Waals surface area contributed by atoms with E-state index in [9.17, 15) is 13.6 Å². The van der Waals surface area contributed by atoms with Crippen LogP contribution in [0.5, 0.6) is 0 Å². The highest BCUT2D eigenvalue weighted by atomic mass is 19.3. The molecule has 0 radical (unpaired) electrons. The molecule has 0 aromatic carbocycles. The Morgan fingerprint density at radius 1 is 1.45 bits per heavy atom. The summed E-state index contributed by atoms with van der Waals surface area (Å²) in [5.41, 5.74) is -0.329. The van der Waals surface area contributed by atoms with Crippen LogP contribution in [0, 0.1) is 11.3 Å². The largest absolute Gasteiger partial charge is 0.303 e. The van der Waals surface area contributed by atoms with Crippen LogP contribution in [0.3, 0.4) is 0 Å². The fourth-order valence-electron chi connectivity index (χ4n) is 1.51. The first-order chi connectivity index (χ1) is 5.08. The molecule has 0 amide bonds. The van der Waals surface area contributed by atoms with Gasteiger partial charge in [0.05, 0.1) is 0 Å².